The highest BCUT2D eigenvalue weighted by molar-refractivity contribution is 5.99. The van der Waals surface area contributed by atoms with E-state index in [2.05, 4.69) is 32.2 Å². The van der Waals surface area contributed by atoms with Gasteiger partial charge in [0.05, 0.1) is 31.6 Å². The van der Waals surface area contributed by atoms with Gasteiger partial charge in [-0.05, 0) is 62.4 Å². The van der Waals surface area contributed by atoms with Crippen molar-refractivity contribution in [2.45, 2.75) is 25.7 Å². The first-order valence-electron chi connectivity index (χ1n) is 12.1. The number of methoxy groups -OCH3 is 1. The predicted octanol–water partition coefficient (Wildman–Crippen LogP) is 3.00. The minimum atomic E-state index is -0.0451. The monoisotopic (exact) mass is 452 g/mol. The van der Waals surface area contributed by atoms with Crippen molar-refractivity contribution in [3.63, 3.8) is 0 Å². The Hall–Kier alpha value is -2.64. The van der Waals surface area contributed by atoms with Crippen molar-refractivity contribution in [3.05, 3.63) is 53.9 Å². The number of morpholine rings is 1. The first-order chi connectivity index (χ1) is 16.2. The number of hydrogen-bond acceptors (Lipinski definition) is 6. The number of aromatic nitrogens is 1. The second-order valence-corrected chi connectivity index (χ2v) is 8.88. The maximum absolute atomic E-state index is 12.8. The van der Waals surface area contributed by atoms with Crippen LogP contribution in [0.5, 0.6) is 5.75 Å². The van der Waals surface area contributed by atoms with Crippen molar-refractivity contribution in [3.8, 4) is 5.75 Å². The number of benzene rings is 1. The molecule has 0 aliphatic carbocycles. The number of piperidine rings is 1. The number of rotatable bonds is 9. The second kappa shape index (κ2) is 12.0. The molecule has 2 saturated heterocycles. The summed E-state index contributed by atoms with van der Waals surface area (Å²) in [6.07, 6.45) is 8.13. The van der Waals surface area contributed by atoms with Crippen molar-refractivity contribution in [2.75, 3.05) is 64.5 Å². The first kappa shape index (κ1) is 23.5. The highest BCUT2D eigenvalue weighted by Crippen LogP contribution is 2.26. The molecule has 1 aromatic heterocycles. The normalized spacial score (nSPS) is 17.7. The van der Waals surface area contributed by atoms with Gasteiger partial charge in [-0.1, -0.05) is 18.2 Å². The number of carbonyl (C=O) groups is 1. The summed E-state index contributed by atoms with van der Waals surface area (Å²) in [5.74, 6) is 1.71. The van der Waals surface area contributed by atoms with Crippen molar-refractivity contribution < 1.29 is 14.3 Å². The van der Waals surface area contributed by atoms with E-state index in [1.54, 1.807) is 19.5 Å². The van der Waals surface area contributed by atoms with E-state index in [1.165, 1.54) is 24.8 Å². The van der Waals surface area contributed by atoms with Crippen molar-refractivity contribution in [1.29, 1.82) is 0 Å². The van der Waals surface area contributed by atoms with Gasteiger partial charge in [0.25, 0.3) is 5.91 Å². The molecule has 0 atom stereocenters. The number of hydrogen-bond donors (Lipinski definition) is 1. The molecular formula is C26H36N4O3. The molecule has 0 radical (unpaired) electrons. The maximum Gasteiger partial charge on any atom is 0.255 e. The molecule has 2 aromatic rings. The molecule has 1 aromatic carbocycles. The molecule has 33 heavy (non-hydrogen) atoms. The third-order valence-corrected chi connectivity index (χ3v) is 6.83. The Labute approximate surface area is 197 Å². The number of anilines is 1. The van der Waals surface area contributed by atoms with Gasteiger partial charge in [0.15, 0.2) is 0 Å². The summed E-state index contributed by atoms with van der Waals surface area (Å²) in [7, 11) is 1.74. The number of likely N-dealkylation sites (tertiary alicyclic amines) is 1. The van der Waals surface area contributed by atoms with E-state index in [1.807, 2.05) is 18.2 Å². The largest absolute Gasteiger partial charge is 0.496 e. The molecule has 1 amide bonds. The summed E-state index contributed by atoms with van der Waals surface area (Å²) >= 11 is 0. The van der Waals surface area contributed by atoms with Crippen LogP contribution in [0.15, 0.2) is 42.7 Å². The lowest BCUT2D eigenvalue weighted by Gasteiger charge is -2.32. The number of aryl methyl sites for hydroxylation is 1. The minimum Gasteiger partial charge on any atom is -0.496 e. The number of pyridine rings is 1. The zero-order valence-electron chi connectivity index (χ0n) is 19.7. The van der Waals surface area contributed by atoms with Crippen LogP contribution in [0, 0.1) is 5.92 Å². The smallest absolute Gasteiger partial charge is 0.255 e. The van der Waals surface area contributed by atoms with Crippen LogP contribution in [0.25, 0.3) is 0 Å². The quantitative estimate of drug-likeness (QED) is 0.631. The molecule has 0 saturated carbocycles. The molecule has 0 spiro atoms. The van der Waals surface area contributed by atoms with Crippen LogP contribution in [-0.2, 0) is 11.2 Å². The van der Waals surface area contributed by atoms with Crippen LogP contribution in [-0.4, -0.2) is 75.4 Å². The van der Waals surface area contributed by atoms with E-state index < -0.39 is 0 Å². The fraction of sp³-hybridized carbons (Fsp3) is 0.538. The van der Waals surface area contributed by atoms with Crippen LogP contribution in [0.3, 0.4) is 0 Å². The average Bonchev–Trinajstić information content (AvgIpc) is 2.89. The molecule has 2 fully saturated rings. The van der Waals surface area contributed by atoms with E-state index in [-0.39, 0.29) is 5.91 Å². The van der Waals surface area contributed by atoms with Crippen LogP contribution in [0.4, 0.5) is 5.69 Å². The van der Waals surface area contributed by atoms with Gasteiger partial charge in [-0.3, -0.25) is 9.78 Å². The van der Waals surface area contributed by atoms with Gasteiger partial charge in [-0.2, -0.15) is 0 Å². The number of nitrogens with one attached hydrogen (secondary N) is 1. The van der Waals surface area contributed by atoms with Gasteiger partial charge in [-0.15, -0.1) is 0 Å². The number of carbonyl (C=O) groups excluding carboxylic acids is 1. The standard InChI is InChI=1S/C26H36N4O3/c1-32-25-5-3-2-4-22(25)7-6-21-9-13-29(14-10-21)15-12-28-26(31)23-20-27-11-8-24(23)30-16-18-33-19-17-30/h2-5,8,11,20-21H,6-7,9-10,12-19H2,1H3,(H,28,31). The molecule has 0 bridgehead atoms. The van der Waals surface area contributed by atoms with Gasteiger partial charge in [0.1, 0.15) is 5.75 Å². The maximum atomic E-state index is 12.8. The molecule has 7 heteroatoms. The van der Waals surface area contributed by atoms with Gasteiger partial charge in [0.2, 0.25) is 0 Å². The summed E-state index contributed by atoms with van der Waals surface area (Å²) < 4.78 is 10.9. The minimum absolute atomic E-state index is 0.0451. The molecule has 1 N–H and O–H groups in total. The highest BCUT2D eigenvalue weighted by Gasteiger charge is 2.21. The Morgan fingerprint density at radius 1 is 1.15 bits per heavy atom. The summed E-state index contributed by atoms with van der Waals surface area (Å²) in [6, 6.07) is 10.3. The SMILES string of the molecule is COc1ccccc1CCC1CCN(CCNC(=O)c2cnccc2N2CCOCC2)CC1. The molecule has 0 unspecified atom stereocenters. The van der Waals surface area contributed by atoms with E-state index in [9.17, 15) is 4.79 Å². The van der Waals surface area contributed by atoms with Crippen LogP contribution in [0.1, 0.15) is 35.2 Å². The van der Waals surface area contributed by atoms with Crippen LogP contribution in [0.2, 0.25) is 0 Å². The average molecular weight is 453 g/mol. The number of para-hydroxylation sites is 1. The lowest BCUT2D eigenvalue weighted by molar-refractivity contribution is 0.0942. The van der Waals surface area contributed by atoms with E-state index in [0.29, 0.717) is 25.3 Å². The zero-order chi connectivity index (χ0) is 22.9. The molecule has 178 valence electrons. The molecular weight excluding hydrogens is 416 g/mol. The number of amides is 1. The lowest BCUT2D eigenvalue weighted by Crippen LogP contribution is -2.40. The van der Waals surface area contributed by atoms with E-state index >= 15 is 0 Å². The zero-order valence-corrected chi connectivity index (χ0v) is 19.7. The van der Waals surface area contributed by atoms with Crippen molar-refractivity contribution >= 4 is 11.6 Å². The Morgan fingerprint density at radius 3 is 2.73 bits per heavy atom. The Bertz CT molecular complexity index is 893. The van der Waals surface area contributed by atoms with Crippen molar-refractivity contribution in [2.24, 2.45) is 5.92 Å². The highest BCUT2D eigenvalue weighted by atomic mass is 16.5. The third kappa shape index (κ3) is 6.45. The lowest BCUT2D eigenvalue weighted by atomic mass is 9.90. The predicted molar refractivity (Wildman–Crippen MR) is 130 cm³/mol. The fourth-order valence-electron chi connectivity index (χ4n) is 4.83. The number of ether oxygens (including phenoxy) is 2. The van der Waals surface area contributed by atoms with Gasteiger partial charge in [0, 0.05) is 38.6 Å². The molecule has 7 nitrogen and oxygen atoms in total. The van der Waals surface area contributed by atoms with E-state index in [0.717, 1.165) is 56.5 Å². The molecule has 4 rings (SSSR count). The Balaban J connectivity index is 1.18. The van der Waals surface area contributed by atoms with Crippen LogP contribution >= 0.6 is 0 Å². The Morgan fingerprint density at radius 2 is 1.94 bits per heavy atom. The van der Waals surface area contributed by atoms with E-state index in [4.69, 9.17) is 9.47 Å². The number of nitrogens with zero attached hydrogens (tertiary/aromatic N) is 3. The fourth-order valence-corrected chi connectivity index (χ4v) is 4.83. The van der Waals surface area contributed by atoms with Gasteiger partial charge < -0.3 is 24.6 Å². The third-order valence-electron chi connectivity index (χ3n) is 6.83. The molecule has 2 aliphatic heterocycles. The topological polar surface area (TPSA) is 66.9 Å². The summed E-state index contributed by atoms with van der Waals surface area (Å²) in [5, 5.41) is 3.10. The second-order valence-electron chi connectivity index (χ2n) is 8.88. The Kier molecular flexibility index (Phi) is 8.55. The summed E-state index contributed by atoms with van der Waals surface area (Å²) in [5.41, 5.74) is 2.90. The summed E-state index contributed by atoms with van der Waals surface area (Å²) in [4.78, 5) is 21.7. The molecule has 2 aliphatic rings. The molecule has 3 heterocycles. The summed E-state index contributed by atoms with van der Waals surface area (Å²) in [6.45, 7) is 6.72. The van der Waals surface area contributed by atoms with Crippen LogP contribution < -0.4 is 15.0 Å². The van der Waals surface area contributed by atoms with Gasteiger partial charge >= 0.3 is 0 Å². The van der Waals surface area contributed by atoms with Crippen molar-refractivity contribution in [1.82, 2.24) is 15.2 Å². The first-order valence-corrected chi connectivity index (χ1v) is 12.1. The van der Waals surface area contributed by atoms with Gasteiger partial charge in [-0.25, -0.2) is 0 Å².